The number of hydrogen-bond donors (Lipinski definition) is 1. The fraction of sp³-hybridized carbons (Fsp3) is 0.120. The Morgan fingerprint density at radius 1 is 0.867 bits per heavy atom. The van der Waals surface area contributed by atoms with Crippen molar-refractivity contribution in [3.8, 4) is 0 Å². The van der Waals surface area contributed by atoms with Gasteiger partial charge in [0.05, 0.1) is 11.6 Å². The Balaban J connectivity index is 1.80. The first-order valence-electron chi connectivity index (χ1n) is 9.70. The van der Waals surface area contributed by atoms with Gasteiger partial charge in [-0.05, 0) is 23.6 Å². The zero-order chi connectivity index (χ0) is 21.1. The maximum Gasteiger partial charge on any atom is 0.295 e. The molecule has 0 spiro atoms. The molecular weight excluding hydrogens is 398 g/mol. The van der Waals surface area contributed by atoms with Gasteiger partial charge in [0, 0.05) is 17.1 Å². The third-order valence-corrected chi connectivity index (χ3v) is 5.62. The number of ketones is 1. The van der Waals surface area contributed by atoms with Crippen LogP contribution in [0.4, 0.5) is 0 Å². The number of Topliss-reactive ketones (excluding diaryl/α,β-unsaturated/α-hetero) is 1. The van der Waals surface area contributed by atoms with E-state index < -0.39 is 17.7 Å². The van der Waals surface area contributed by atoms with E-state index in [0.717, 1.165) is 5.56 Å². The molecule has 4 nitrogen and oxygen atoms in total. The van der Waals surface area contributed by atoms with Gasteiger partial charge < -0.3 is 10.0 Å². The summed E-state index contributed by atoms with van der Waals surface area (Å²) in [5, 5.41) is 11.4. The molecule has 0 aliphatic carbocycles. The topological polar surface area (TPSA) is 57.6 Å². The van der Waals surface area contributed by atoms with Crippen molar-refractivity contribution in [2.24, 2.45) is 0 Å². The average Bonchev–Trinajstić information content (AvgIpc) is 3.03. The number of hydrogen-bond acceptors (Lipinski definition) is 3. The number of carbonyl (C=O) groups excluding carboxylic acids is 2. The van der Waals surface area contributed by atoms with E-state index in [2.05, 4.69) is 0 Å². The molecule has 4 rings (SSSR count). The van der Waals surface area contributed by atoms with Crippen LogP contribution in [0.25, 0.3) is 5.76 Å². The van der Waals surface area contributed by atoms with Gasteiger partial charge >= 0.3 is 0 Å². The number of aliphatic hydroxyl groups excluding tert-OH is 1. The van der Waals surface area contributed by atoms with Crippen molar-refractivity contribution in [3.63, 3.8) is 0 Å². The fourth-order valence-corrected chi connectivity index (χ4v) is 4.02. The molecule has 1 aliphatic rings. The Kier molecular flexibility index (Phi) is 5.68. The van der Waals surface area contributed by atoms with E-state index in [1.807, 2.05) is 36.4 Å². The van der Waals surface area contributed by atoms with E-state index in [1.165, 1.54) is 4.90 Å². The van der Waals surface area contributed by atoms with Crippen molar-refractivity contribution in [1.82, 2.24) is 4.90 Å². The molecule has 1 fully saturated rings. The Morgan fingerprint density at radius 2 is 1.47 bits per heavy atom. The summed E-state index contributed by atoms with van der Waals surface area (Å²) in [6, 6.07) is 24.9. The van der Waals surface area contributed by atoms with Gasteiger partial charge in [-0.15, -0.1) is 0 Å². The molecule has 0 saturated carbocycles. The molecule has 1 saturated heterocycles. The normalized spacial score (nSPS) is 18.0. The third kappa shape index (κ3) is 3.74. The Labute approximate surface area is 180 Å². The van der Waals surface area contributed by atoms with Gasteiger partial charge in [-0.3, -0.25) is 9.59 Å². The summed E-state index contributed by atoms with van der Waals surface area (Å²) in [7, 11) is 0. The number of likely N-dealkylation sites (tertiary alicyclic amines) is 1. The van der Waals surface area contributed by atoms with Gasteiger partial charge in [-0.2, -0.15) is 0 Å². The van der Waals surface area contributed by atoms with Crippen molar-refractivity contribution in [1.29, 1.82) is 0 Å². The highest BCUT2D eigenvalue weighted by Gasteiger charge is 2.46. The van der Waals surface area contributed by atoms with E-state index in [4.69, 9.17) is 11.6 Å². The van der Waals surface area contributed by atoms with E-state index in [1.54, 1.807) is 48.5 Å². The van der Waals surface area contributed by atoms with Crippen LogP contribution in [0.15, 0.2) is 90.5 Å². The van der Waals surface area contributed by atoms with Crippen LogP contribution in [0.2, 0.25) is 5.02 Å². The van der Waals surface area contributed by atoms with Crippen molar-refractivity contribution < 1.29 is 14.7 Å². The molecule has 30 heavy (non-hydrogen) atoms. The molecule has 150 valence electrons. The van der Waals surface area contributed by atoms with Crippen LogP contribution in [0.1, 0.15) is 22.7 Å². The predicted octanol–water partition coefficient (Wildman–Crippen LogP) is 5.00. The first-order chi connectivity index (χ1) is 14.6. The third-order valence-electron chi connectivity index (χ3n) is 5.27. The second-order valence-corrected chi connectivity index (χ2v) is 7.52. The highest BCUT2D eigenvalue weighted by Crippen LogP contribution is 2.41. The van der Waals surface area contributed by atoms with E-state index >= 15 is 0 Å². The molecule has 1 amide bonds. The molecule has 1 aliphatic heterocycles. The Bertz CT molecular complexity index is 1110. The summed E-state index contributed by atoms with van der Waals surface area (Å²) in [4.78, 5) is 27.4. The Hall–Kier alpha value is -3.37. The molecule has 1 N–H and O–H groups in total. The van der Waals surface area contributed by atoms with Crippen molar-refractivity contribution in [2.45, 2.75) is 12.5 Å². The van der Waals surface area contributed by atoms with E-state index in [-0.39, 0.29) is 11.3 Å². The van der Waals surface area contributed by atoms with Crippen LogP contribution >= 0.6 is 11.6 Å². The predicted molar refractivity (Wildman–Crippen MR) is 117 cm³/mol. The molecule has 1 heterocycles. The molecule has 0 aromatic heterocycles. The second kappa shape index (κ2) is 8.56. The van der Waals surface area contributed by atoms with Crippen molar-refractivity contribution in [3.05, 3.63) is 112 Å². The number of halogens is 1. The largest absolute Gasteiger partial charge is 0.507 e. The van der Waals surface area contributed by atoms with Gasteiger partial charge in [0.15, 0.2) is 0 Å². The van der Waals surface area contributed by atoms with Gasteiger partial charge in [-0.25, -0.2) is 0 Å². The average molecular weight is 418 g/mol. The quantitative estimate of drug-likeness (QED) is 0.361. The first-order valence-corrected chi connectivity index (χ1v) is 10.1. The fourth-order valence-electron chi connectivity index (χ4n) is 3.78. The number of amides is 1. The van der Waals surface area contributed by atoms with Crippen LogP contribution < -0.4 is 0 Å². The standard InChI is InChI=1S/C25H20ClNO3/c26-20-14-8-7-13-19(20)22-21(23(28)18-11-5-2-6-12-18)24(29)25(30)27(22)16-15-17-9-3-1-4-10-17/h1-14,22,28H,15-16H2/b23-21+/t22-/m1/s1. The number of aliphatic hydroxyl groups is 1. The molecule has 1 atom stereocenters. The summed E-state index contributed by atoms with van der Waals surface area (Å²) in [6.07, 6.45) is 0.584. The molecular formula is C25H20ClNO3. The number of nitrogens with zero attached hydrogens (tertiary/aromatic N) is 1. The van der Waals surface area contributed by atoms with E-state index in [0.29, 0.717) is 29.1 Å². The maximum atomic E-state index is 13.0. The smallest absolute Gasteiger partial charge is 0.295 e. The highest BCUT2D eigenvalue weighted by molar-refractivity contribution is 6.47. The zero-order valence-corrected chi connectivity index (χ0v) is 16.9. The molecule has 5 heteroatoms. The molecule has 0 unspecified atom stereocenters. The second-order valence-electron chi connectivity index (χ2n) is 7.12. The molecule has 3 aromatic carbocycles. The summed E-state index contributed by atoms with van der Waals surface area (Å²) < 4.78 is 0. The Morgan fingerprint density at radius 3 is 2.13 bits per heavy atom. The lowest BCUT2D eigenvalue weighted by atomic mass is 9.95. The van der Waals surface area contributed by atoms with Gasteiger partial charge in [0.2, 0.25) is 0 Å². The summed E-state index contributed by atoms with van der Waals surface area (Å²) >= 11 is 6.44. The number of benzene rings is 3. The van der Waals surface area contributed by atoms with Crippen LogP contribution in [-0.2, 0) is 16.0 Å². The maximum absolute atomic E-state index is 13.0. The lowest BCUT2D eigenvalue weighted by Crippen LogP contribution is -2.31. The first kappa shape index (κ1) is 19.9. The summed E-state index contributed by atoms with van der Waals surface area (Å²) in [5.41, 5.74) is 2.22. The number of rotatable bonds is 5. The minimum atomic E-state index is -0.748. The summed E-state index contributed by atoms with van der Waals surface area (Å²) in [5.74, 6) is -1.52. The molecule has 0 bridgehead atoms. The minimum absolute atomic E-state index is 0.0624. The van der Waals surface area contributed by atoms with Crippen LogP contribution in [0.5, 0.6) is 0 Å². The lowest BCUT2D eigenvalue weighted by molar-refractivity contribution is -0.139. The van der Waals surface area contributed by atoms with Crippen molar-refractivity contribution >= 4 is 29.1 Å². The van der Waals surface area contributed by atoms with Crippen LogP contribution in [0, 0.1) is 0 Å². The minimum Gasteiger partial charge on any atom is -0.507 e. The van der Waals surface area contributed by atoms with Crippen LogP contribution in [-0.4, -0.2) is 28.2 Å². The van der Waals surface area contributed by atoms with Gasteiger partial charge in [0.1, 0.15) is 5.76 Å². The number of carbonyl (C=O) groups is 2. The highest BCUT2D eigenvalue weighted by atomic mass is 35.5. The van der Waals surface area contributed by atoms with E-state index in [9.17, 15) is 14.7 Å². The zero-order valence-electron chi connectivity index (χ0n) is 16.2. The lowest BCUT2D eigenvalue weighted by Gasteiger charge is -2.26. The van der Waals surface area contributed by atoms with Gasteiger partial charge in [-0.1, -0.05) is 90.5 Å². The molecule has 3 aromatic rings. The monoisotopic (exact) mass is 417 g/mol. The SMILES string of the molecule is O=C1C(=O)N(CCc2ccccc2)[C@H](c2ccccc2Cl)/C1=C(\O)c1ccccc1. The summed E-state index contributed by atoms with van der Waals surface area (Å²) in [6.45, 7) is 0.329. The van der Waals surface area contributed by atoms with Crippen molar-refractivity contribution in [2.75, 3.05) is 6.54 Å². The van der Waals surface area contributed by atoms with Gasteiger partial charge in [0.25, 0.3) is 11.7 Å². The molecule has 0 radical (unpaired) electrons. The van der Waals surface area contributed by atoms with Crippen LogP contribution in [0.3, 0.4) is 0 Å².